The molecule has 5 heterocycles. The van der Waals surface area contributed by atoms with Crippen LogP contribution in [0.5, 0.6) is 0 Å². The zero-order valence-electron chi connectivity index (χ0n) is 22.6. The lowest BCUT2D eigenvalue weighted by Gasteiger charge is -2.17. The van der Waals surface area contributed by atoms with Crippen molar-refractivity contribution in [3.63, 3.8) is 0 Å². The van der Waals surface area contributed by atoms with E-state index in [1.165, 1.54) is 11.1 Å². The fourth-order valence-electron chi connectivity index (χ4n) is 5.49. The third-order valence-corrected chi connectivity index (χ3v) is 8.54. The van der Waals surface area contributed by atoms with Crippen molar-refractivity contribution in [2.45, 2.75) is 27.3 Å². The zero-order valence-corrected chi connectivity index (χ0v) is 23.4. The van der Waals surface area contributed by atoms with Crippen LogP contribution in [0.4, 0.5) is 17.5 Å². The van der Waals surface area contributed by atoms with Gasteiger partial charge in [-0.15, -0.1) is 0 Å². The van der Waals surface area contributed by atoms with E-state index in [1.807, 2.05) is 68.5 Å². The summed E-state index contributed by atoms with van der Waals surface area (Å²) >= 11 is 1.69. The second kappa shape index (κ2) is 9.17. The predicted molar refractivity (Wildman–Crippen MR) is 160 cm³/mol. The molecule has 4 aromatic heterocycles. The standard InChI is InChI=1S/C31H27N7OS/c1-17-12-33-31(34-27-11-19(3)37(4)36-27)35-28(17)23-13-32-29-21(23)8-6-10-26(29)38-14-24-20(25-16-40-15-18(25)2)7-5-9-22(24)30(38)39/h5-13,15-16,32H,14H2,1-4H3,(H,33,34,35,36). The summed E-state index contributed by atoms with van der Waals surface area (Å²) in [6.07, 6.45) is 3.78. The van der Waals surface area contributed by atoms with Crippen LogP contribution < -0.4 is 10.2 Å². The number of H-pyrrole nitrogens is 1. The van der Waals surface area contributed by atoms with Crippen molar-refractivity contribution in [1.82, 2.24) is 24.7 Å². The molecule has 0 bridgehead atoms. The minimum atomic E-state index is 0.0174. The number of aryl methyl sites for hydroxylation is 4. The molecule has 2 N–H and O–H groups in total. The number of nitrogens with one attached hydrogen (secondary N) is 2. The van der Waals surface area contributed by atoms with Gasteiger partial charge in [0.05, 0.1) is 23.4 Å². The number of rotatable bonds is 5. The molecule has 2 aromatic carbocycles. The molecule has 0 radical (unpaired) electrons. The Morgan fingerprint density at radius 3 is 2.58 bits per heavy atom. The van der Waals surface area contributed by atoms with Crippen LogP contribution in [-0.4, -0.2) is 30.6 Å². The number of thiophene rings is 1. The van der Waals surface area contributed by atoms with Gasteiger partial charge in [-0.3, -0.25) is 9.48 Å². The van der Waals surface area contributed by atoms with E-state index in [-0.39, 0.29) is 5.91 Å². The summed E-state index contributed by atoms with van der Waals surface area (Å²) < 4.78 is 1.81. The molecule has 1 aliphatic rings. The average Bonchev–Trinajstić information content (AvgIpc) is 3.72. The first-order chi connectivity index (χ1) is 19.4. The maximum atomic E-state index is 13.7. The number of carbonyl (C=O) groups is 1. The van der Waals surface area contributed by atoms with E-state index in [2.05, 4.69) is 50.2 Å². The molecule has 0 fully saturated rings. The Bertz CT molecular complexity index is 1930. The van der Waals surface area contributed by atoms with E-state index in [0.29, 0.717) is 18.3 Å². The number of hydrogen-bond acceptors (Lipinski definition) is 6. The molecule has 0 spiro atoms. The maximum Gasteiger partial charge on any atom is 0.259 e. The van der Waals surface area contributed by atoms with Crippen LogP contribution in [0.15, 0.2) is 65.6 Å². The van der Waals surface area contributed by atoms with Gasteiger partial charge in [-0.2, -0.15) is 16.4 Å². The Hall–Kier alpha value is -4.76. The summed E-state index contributed by atoms with van der Waals surface area (Å²) in [6, 6.07) is 14.1. The topological polar surface area (TPSA) is 91.7 Å². The highest BCUT2D eigenvalue weighted by Gasteiger charge is 2.32. The SMILES string of the molecule is Cc1cscc1-c1cccc2c1CN(c1cccc3c(-c4nc(Nc5cc(C)n(C)n5)ncc4C)c[nH]c13)C2=O. The Morgan fingerprint density at radius 1 is 0.975 bits per heavy atom. The minimum absolute atomic E-state index is 0.0174. The Balaban J connectivity index is 1.27. The van der Waals surface area contributed by atoms with E-state index in [1.54, 1.807) is 16.0 Å². The van der Waals surface area contributed by atoms with Crippen molar-refractivity contribution in [3.8, 4) is 22.4 Å². The van der Waals surface area contributed by atoms with Crippen LogP contribution in [-0.2, 0) is 13.6 Å². The van der Waals surface area contributed by atoms with Gasteiger partial charge < -0.3 is 15.2 Å². The largest absolute Gasteiger partial charge is 0.359 e. The number of carbonyl (C=O) groups excluding carboxylic acids is 1. The first-order valence-electron chi connectivity index (χ1n) is 13.1. The van der Waals surface area contributed by atoms with Gasteiger partial charge in [-0.1, -0.05) is 24.3 Å². The van der Waals surface area contributed by atoms with Crippen molar-refractivity contribution < 1.29 is 4.79 Å². The van der Waals surface area contributed by atoms with Gasteiger partial charge in [-0.05, 0) is 71.5 Å². The number of benzene rings is 2. The lowest BCUT2D eigenvalue weighted by Crippen LogP contribution is -2.23. The average molecular weight is 546 g/mol. The normalized spacial score (nSPS) is 12.9. The fraction of sp³-hybridized carbons (Fsp3) is 0.161. The number of aromatic amines is 1. The summed E-state index contributed by atoms with van der Waals surface area (Å²) in [7, 11) is 1.90. The van der Waals surface area contributed by atoms with Crippen LogP contribution in [0.2, 0.25) is 0 Å². The van der Waals surface area contributed by atoms with Crippen molar-refractivity contribution in [2.24, 2.45) is 7.05 Å². The van der Waals surface area contributed by atoms with Crippen LogP contribution >= 0.6 is 11.3 Å². The third kappa shape index (κ3) is 3.81. The molecule has 40 heavy (non-hydrogen) atoms. The molecule has 8 nitrogen and oxygen atoms in total. The van der Waals surface area contributed by atoms with Gasteiger partial charge in [0.15, 0.2) is 5.82 Å². The number of nitrogens with zero attached hydrogens (tertiary/aromatic N) is 5. The molecule has 1 aliphatic heterocycles. The van der Waals surface area contributed by atoms with Crippen LogP contribution in [0.1, 0.15) is 32.7 Å². The smallest absolute Gasteiger partial charge is 0.259 e. The molecular formula is C31H27N7OS. The van der Waals surface area contributed by atoms with E-state index >= 15 is 0 Å². The third-order valence-electron chi connectivity index (χ3n) is 7.68. The van der Waals surface area contributed by atoms with Crippen molar-refractivity contribution in [2.75, 3.05) is 10.2 Å². The number of amides is 1. The van der Waals surface area contributed by atoms with E-state index < -0.39 is 0 Å². The summed E-state index contributed by atoms with van der Waals surface area (Å²) in [5, 5.41) is 13.0. The van der Waals surface area contributed by atoms with Gasteiger partial charge in [0.1, 0.15) is 0 Å². The molecule has 9 heteroatoms. The highest BCUT2D eigenvalue weighted by Crippen LogP contribution is 2.41. The number of para-hydroxylation sites is 1. The van der Waals surface area contributed by atoms with Crippen LogP contribution in [0.25, 0.3) is 33.3 Å². The zero-order chi connectivity index (χ0) is 27.5. The molecule has 198 valence electrons. The van der Waals surface area contributed by atoms with Gasteiger partial charge in [0.2, 0.25) is 5.95 Å². The lowest BCUT2D eigenvalue weighted by molar-refractivity contribution is 0.0997. The van der Waals surface area contributed by atoms with Gasteiger partial charge in [-0.25, -0.2) is 9.97 Å². The Kier molecular flexibility index (Phi) is 5.57. The maximum absolute atomic E-state index is 13.7. The Labute approximate surface area is 235 Å². The molecular weight excluding hydrogens is 518 g/mol. The number of fused-ring (bicyclic) bond motifs is 2. The quantitative estimate of drug-likeness (QED) is 0.245. The van der Waals surface area contributed by atoms with Gasteiger partial charge in [0.25, 0.3) is 5.91 Å². The Morgan fingerprint density at radius 2 is 1.80 bits per heavy atom. The van der Waals surface area contributed by atoms with Crippen molar-refractivity contribution >= 4 is 45.6 Å². The van der Waals surface area contributed by atoms with Crippen LogP contribution in [0, 0.1) is 20.8 Å². The van der Waals surface area contributed by atoms with Crippen molar-refractivity contribution in [1.29, 1.82) is 0 Å². The monoisotopic (exact) mass is 545 g/mol. The highest BCUT2D eigenvalue weighted by atomic mass is 32.1. The van der Waals surface area contributed by atoms with E-state index in [4.69, 9.17) is 4.98 Å². The molecule has 0 aliphatic carbocycles. The number of anilines is 3. The summed E-state index contributed by atoms with van der Waals surface area (Å²) in [4.78, 5) is 28.4. The minimum Gasteiger partial charge on any atom is -0.359 e. The molecule has 0 atom stereocenters. The van der Waals surface area contributed by atoms with Crippen molar-refractivity contribution in [3.05, 3.63) is 93.6 Å². The number of hydrogen-bond donors (Lipinski definition) is 2. The fourth-order valence-corrected chi connectivity index (χ4v) is 6.33. The highest BCUT2D eigenvalue weighted by molar-refractivity contribution is 7.08. The summed E-state index contributed by atoms with van der Waals surface area (Å²) in [5.74, 6) is 1.19. The van der Waals surface area contributed by atoms with Crippen LogP contribution in [0.3, 0.4) is 0 Å². The number of aromatic nitrogens is 5. The van der Waals surface area contributed by atoms with Gasteiger partial charge in [0, 0.05) is 47.7 Å². The second-order valence-electron chi connectivity index (χ2n) is 10.2. The summed E-state index contributed by atoms with van der Waals surface area (Å²) in [6.45, 7) is 6.64. The van der Waals surface area contributed by atoms with Gasteiger partial charge >= 0.3 is 0 Å². The lowest BCUT2D eigenvalue weighted by atomic mass is 9.97. The molecule has 1 amide bonds. The molecule has 0 saturated carbocycles. The van der Waals surface area contributed by atoms with E-state index in [0.717, 1.165) is 55.8 Å². The molecule has 6 aromatic rings. The van der Waals surface area contributed by atoms with E-state index in [9.17, 15) is 4.79 Å². The second-order valence-corrected chi connectivity index (χ2v) is 11.0. The first-order valence-corrected chi connectivity index (χ1v) is 14.0. The molecule has 7 rings (SSSR count). The summed E-state index contributed by atoms with van der Waals surface area (Å²) in [5.41, 5.74) is 10.9. The first kappa shape index (κ1) is 24.3. The molecule has 0 unspecified atom stereocenters. The predicted octanol–water partition coefficient (Wildman–Crippen LogP) is 6.92. The molecule has 0 saturated heterocycles.